The first-order valence-electron chi connectivity index (χ1n) is 6.09. The lowest BCUT2D eigenvalue weighted by molar-refractivity contribution is -0.176. The van der Waals surface area contributed by atoms with Crippen LogP contribution in [0.1, 0.15) is 12.8 Å². The number of hydrogen-bond acceptors (Lipinski definition) is 6. The molecule has 20 heavy (non-hydrogen) atoms. The van der Waals surface area contributed by atoms with Crippen molar-refractivity contribution in [3.8, 4) is 12.0 Å². The summed E-state index contributed by atoms with van der Waals surface area (Å²) in [5.41, 5.74) is 0. The third kappa shape index (κ3) is 3.20. The van der Waals surface area contributed by atoms with Crippen molar-refractivity contribution in [3.05, 3.63) is 0 Å². The molecule has 1 fully saturated rings. The Morgan fingerprint density at radius 2 is 1.70 bits per heavy atom. The van der Waals surface area contributed by atoms with E-state index >= 15 is 0 Å². The molecule has 1 aromatic heterocycles. The minimum Gasteiger partial charge on any atom is -0.467 e. The average molecular weight is 292 g/mol. The van der Waals surface area contributed by atoms with Crippen molar-refractivity contribution in [2.45, 2.75) is 19.0 Å². The van der Waals surface area contributed by atoms with Crippen molar-refractivity contribution in [2.75, 3.05) is 32.2 Å². The summed E-state index contributed by atoms with van der Waals surface area (Å²) in [6.07, 6.45) is -3.65. The van der Waals surface area contributed by atoms with Crippen LogP contribution in [0.15, 0.2) is 0 Å². The van der Waals surface area contributed by atoms with Gasteiger partial charge in [0.15, 0.2) is 0 Å². The van der Waals surface area contributed by atoms with Gasteiger partial charge in [-0.05, 0) is 12.8 Å². The van der Waals surface area contributed by atoms with E-state index in [1.165, 1.54) is 19.1 Å². The molecular formula is C11H15F3N4O2. The molecule has 1 aliphatic rings. The number of hydrogen-bond donors (Lipinski definition) is 0. The fourth-order valence-corrected chi connectivity index (χ4v) is 2.08. The molecule has 0 saturated carbocycles. The van der Waals surface area contributed by atoms with Crippen LogP contribution in [0.3, 0.4) is 0 Å². The summed E-state index contributed by atoms with van der Waals surface area (Å²) in [5, 5.41) is 0. The third-order valence-corrected chi connectivity index (χ3v) is 3.11. The number of alkyl halides is 3. The Morgan fingerprint density at radius 1 is 1.10 bits per heavy atom. The van der Waals surface area contributed by atoms with E-state index in [4.69, 9.17) is 9.47 Å². The number of aromatic nitrogens is 3. The molecule has 0 aromatic carbocycles. The van der Waals surface area contributed by atoms with Crippen LogP contribution < -0.4 is 14.4 Å². The van der Waals surface area contributed by atoms with Gasteiger partial charge in [0, 0.05) is 13.1 Å². The van der Waals surface area contributed by atoms with E-state index < -0.39 is 12.1 Å². The van der Waals surface area contributed by atoms with Crippen molar-refractivity contribution in [1.82, 2.24) is 15.0 Å². The SMILES string of the molecule is COc1nc(OC)nc(N2CCCC(C(F)(F)F)C2)n1. The van der Waals surface area contributed by atoms with Gasteiger partial charge in [0.2, 0.25) is 5.95 Å². The maximum atomic E-state index is 12.8. The fraction of sp³-hybridized carbons (Fsp3) is 0.727. The van der Waals surface area contributed by atoms with Crippen LogP contribution in [-0.4, -0.2) is 48.4 Å². The van der Waals surface area contributed by atoms with Gasteiger partial charge in [-0.1, -0.05) is 0 Å². The highest BCUT2D eigenvalue weighted by atomic mass is 19.4. The van der Waals surface area contributed by atoms with Gasteiger partial charge in [-0.15, -0.1) is 4.98 Å². The van der Waals surface area contributed by atoms with Gasteiger partial charge in [0.25, 0.3) is 0 Å². The van der Waals surface area contributed by atoms with Crippen LogP contribution in [0.25, 0.3) is 0 Å². The highest BCUT2D eigenvalue weighted by molar-refractivity contribution is 5.33. The lowest BCUT2D eigenvalue weighted by atomic mass is 9.98. The number of nitrogens with zero attached hydrogens (tertiary/aromatic N) is 4. The quantitative estimate of drug-likeness (QED) is 0.844. The van der Waals surface area contributed by atoms with Crippen molar-refractivity contribution >= 4 is 5.95 Å². The standard InChI is InChI=1S/C11H15F3N4O2/c1-19-9-15-8(16-10(17-9)20-2)18-5-3-4-7(6-18)11(12,13)14/h7H,3-6H2,1-2H3. The van der Waals surface area contributed by atoms with E-state index in [2.05, 4.69) is 15.0 Å². The molecule has 1 aromatic rings. The Bertz CT molecular complexity index is 447. The normalized spacial score (nSPS) is 19.9. The van der Waals surface area contributed by atoms with Crippen LogP contribution in [0.2, 0.25) is 0 Å². The molecule has 2 heterocycles. The largest absolute Gasteiger partial charge is 0.467 e. The van der Waals surface area contributed by atoms with Gasteiger partial charge in [-0.25, -0.2) is 0 Å². The smallest absolute Gasteiger partial charge is 0.393 e. The van der Waals surface area contributed by atoms with E-state index in [0.717, 1.165) is 0 Å². The van der Waals surface area contributed by atoms with Crippen LogP contribution in [-0.2, 0) is 0 Å². The van der Waals surface area contributed by atoms with Crippen LogP contribution in [0.4, 0.5) is 19.1 Å². The summed E-state index contributed by atoms with van der Waals surface area (Å²) in [4.78, 5) is 13.2. The van der Waals surface area contributed by atoms with E-state index in [0.29, 0.717) is 13.0 Å². The zero-order valence-corrected chi connectivity index (χ0v) is 11.1. The zero-order valence-electron chi connectivity index (χ0n) is 11.1. The molecule has 2 rings (SSSR count). The number of ether oxygens (including phenoxy) is 2. The first kappa shape index (κ1) is 14.6. The lowest BCUT2D eigenvalue weighted by Crippen LogP contribution is -2.42. The number of anilines is 1. The van der Waals surface area contributed by atoms with Crippen LogP contribution >= 0.6 is 0 Å². The predicted molar refractivity (Wildman–Crippen MR) is 63.9 cm³/mol. The summed E-state index contributed by atoms with van der Waals surface area (Å²) in [6.45, 7) is 0.294. The van der Waals surface area contributed by atoms with E-state index in [-0.39, 0.29) is 30.9 Å². The molecule has 6 nitrogen and oxygen atoms in total. The number of piperidine rings is 1. The van der Waals surface area contributed by atoms with E-state index in [9.17, 15) is 13.2 Å². The zero-order chi connectivity index (χ0) is 14.8. The first-order chi connectivity index (χ1) is 9.44. The molecule has 0 bridgehead atoms. The minimum absolute atomic E-state index is 0.0148. The van der Waals surface area contributed by atoms with Crippen LogP contribution in [0.5, 0.6) is 12.0 Å². The minimum atomic E-state index is -4.21. The highest BCUT2D eigenvalue weighted by Crippen LogP contribution is 2.34. The average Bonchev–Trinajstić information content (AvgIpc) is 2.46. The van der Waals surface area contributed by atoms with Crippen molar-refractivity contribution < 1.29 is 22.6 Å². The monoisotopic (exact) mass is 292 g/mol. The molecule has 112 valence electrons. The maximum Gasteiger partial charge on any atom is 0.393 e. The summed E-state index contributed by atoms with van der Waals surface area (Å²) < 4.78 is 48.2. The van der Waals surface area contributed by atoms with Gasteiger partial charge in [0.05, 0.1) is 20.1 Å². The molecule has 1 unspecified atom stereocenters. The van der Waals surface area contributed by atoms with Crippen molar-refractivity contribution in [3.63, 3.8) is 0 Å². The molecule has 0 amide bonds. The maximum absolute atomic E-state index is 12.8. The van der Waals surface area contributed by atoms with Crippen LogP contribution in [0, 0.1) is 5.92 Å². The molecule has 0 spiro atoms. The number of halogens is 3. The Labute approximate surface area is 113 Å². The number of rotatable bonds is 3. The Balaban J connectivity index is 2.22. The molecule has 0 radical (unpaired) electrons. The van der Waals surface area contributed by atoms with Gasteiger partial charge in [-0.3, -0.25) is 0 Å². The summed E-state index contributed by atoms with van der Waals surface area (Å²) in [5.74, 6) is -1.23. The van der Waals surface area contributed by atoms with E-state index in [1.54, 1.807) is 0 Å². The third-order valence-electron chi connectivity index (χ3n) is 3.11. The topological polar surface area (TPSA) is 60.4 Å². The first-order valence-corrected chi connectivity index (χ1v) is 6.09. The van der Waals surface area contributed by atoms with Gasteiger partial charge in [-0.2, -0.15) is 23.1 Å². The van der Waals surface area contributed by atoms with Gasteiger partial charge < -0.3 is 14.4 Å². The summed E-state index contributed by atoms with van der Waals surface area (Å²) in [7, 11) is 2.74. The second-order valence-corrected chi connectivity index (χ2v) is 4.44. The molecule has 0 N–H and O–H groups in total. The predicted octanol–water partition coefficient (Wildman–Crippen LogP) is 1.67. The van der Waals surface area contributed by atoms with Gasteiger partial charge >= 0.3 is 18.2 Å². The summed E-state index contributed by atoms with van der Waals surface area (Å²) in [6, 6.07) is 0.0296. The summed E-state index contributed by atoms with van der Waals surface area (Å²) >= 11 is 0. The number of methoxy groups -OCH3 is 2. The molecule has 0 aliphatic carbocycles. The Hall–Kier alpha value is -1.80. The second-order valence-electron chi connectivity index (χ2n) is 4.44. The molecule has 1 saturated heterocycles. The molecule has 1 aliphatic heterocycles. The Kier molecular flexibility index (Phi) is 4.15. The van der Waals surface area contributed by atoms with Crippen molar-refractivity contribution in [1.29, 1.82) is 0 Å². The Morgan fingerprint density at radius 3 is 2.20 bits per heavy atom. The van der Waals surface area contributed by atoms with Gasteiger partial charge in [0.1, 0.15) is 0 Å². The molecular weight excluding hydrogens is 277 g/mol. The highest BCUT2D eigenvalue weighted by Gasteiger charge is 2.42. The fourth-order valence-electron chi connectivity index (χ4n) is 2.08. The molecule has 1 atom stereocenters. The second kappa shape index (κ2) is 5.68. The van der Waals surface area contributed by atoms with Crippen molar-refractivity contribution in [2.24, 2.45) is 5.92 Å². The lowest BCUT2D eigenvalue weighted by Gasteiger charge is -2.33. The van der Waals surface area contributed by atoms with E-state index in [1.807, 2.05) is 0 Å². The molecule has 9 heteroatoms.